The van der Waals surface area contributed by atoms with Crippen LogP contribution in [0.3, 0.4) is 0 Å². The summed E-state index contributed by atoms with van der Waals surface area (Å²) in [4.78, 5) is 30.5. The Morgan fingerprint density at radius 2 is 1.85 bits per heavy atom. The molecule has 0 aliphatic carbocycles. The number of anilines is 1. The SMILES string of the molecule is Cc1cccc(-c2nc3c4ccccc4n(CC(=O)Nc4ccc(F)cc4F)c(=O)n3n2)c1. The maximum Gasteiger partial charge on any atom is 0.351 e. The minimum absolute atomic E-state index is 0.178. The van der Waals surface area contributed by atoms with Gasteiger partial charge < -0.3 is 5.32 Å². The molecule has 0 atom stereocenters. The average Bonchev–Trinajstić information content (AvgIpc) is 3.25. The molecule has 0 bridgehead atoms. The van der Waals surface area contributed by atoms with Gasteiger partial charge in [0.1, 0.15) is 18.2 Å². The highest BCUT2D eigenvalue weighted by molar-refractivity contribution is 5.95. The molecule has 7 nitrogen and oxygen atoms in total. The fourth-order valence-electron chi connectivity index (χ4n) is 3.72. The zero-order valence-electron chi connectivity index (χ0n) is 17.4. The molecule has 0 unspecified atom stereocenters. The first-order chi connectivity index (χ1) is 15.9. The van der Waals surface area contributed by atoms with Crippen LogP contribution in [-0.4, -0.2) is 25.1 Å². The van der Waals surface area contributed by atoms with E-state index in [1.165, 1.54) is 4.57 Å². The summed E-state index contributed by atoms with van der Waals surface area (Å²) in [5.74, 6) is -1.92. The van der Waals surface area contributed by atoms with Crippen LogP contribution in [0.1, 0.15) is 5.56 Å². The van der Waals surface area contributed by atoms with Crippen LogP contribution in [0.5, 0.6) is 0 Å². The molecule has 2 heterocycles. The van der Waals surface area contributed by atoms with Crippen LogP contribution < -0.4 is 11.0 Å². The number of amides is 1. The molecule has 1 N–H and O–H groups in total. The third-order valence-corrected chi connectivity index (χ3v) is 5.24. The summed E-state index contributed by atoms with van der Waals surface area (Å²) in [6.45, 7) is 1.55. The van der Waals surface area contributed by atoms with Gasteiger partial charge in [0.2, 0.25) is 5.91 Å². The number of aromatic nitrogens is 4. The van der Waals surface area contributed by atoms with Crippen LogP contribution in [0.15, 0.2) is 71.5 Å². The van der Waals surface area contributed by atoms with Gasteiger partial charge in [0, 0.05) is 17.0 Å². The lowest BCUT2D eigenvalue weighted by Crippen LogP contribution is -2.32. The van der Waals surface area contributed by atoms with E-state index in [9.17, 15) is 18.4 Å². The molecule has 5 rings (SSSR count). The van der Waals surface area contributed by atoms with Crippen molar-refractivity contribution in [2.75, 3.05) is 5.32 Å². The Labute approximate surface area is 185 Å². The molecule has 0 spiro atoms. The second-order valence-corrected chi connectivity index (χ2v) is 7.60. The number of hydrogen-bond donors (Lipinski definition) is 1. The number of nitrogens with one attached hydrogen (secondary N) is 1. The number of nitrogens with zero attached hydrogens (tertiary/aromatic N) is 4. The van der Waals surface area contributed by atoms with Gasteiger partial charge in [-0.15, -0.1) is 5.10 Å². The molecule has 0 fully saturated rings. The van der Waals surface area contributed by atoms with Gasteiger partial charge in [-0.25, -0.2) is 18.6 Å². The number of fused-ring (bicyclic) bond motifs is 3. The Bertz CT molecular complexity index is 1610. The molecule has 0 radical (unpaired) electrons. The number of hydrogen-bond acceptors (Lipinski definition) is 4. The molecule has 5 aromatic rings. The van der Waals surface area contributed by atoms with Crippen LogP contribution in [0, 0.1) is 18.6 Å². The third-order valence-electron chi connectivity index (χ3n) is 5.24. The molecule has 0 aliphatic rings. The smallest absolute Gasteiger partial charge is 0.322 e. The first-order valence-corrected chi connectivity index (χ1v) is 10.1. The van der Waals surface area contributed by atoms with E-state index in [1.54, 1.807) is 24.3 Å². The summed E-state index contributed by atoms with van der Waals surface area (Å²) in [7, 11) is 0. The van der Waals surface area contributed by atoms with E-state index in [-0.39, 0.29) is 5.69 Å². The number of carbonyl (C=O) groups excluding carboxylic acids is 1. The molecule has 9 heteroatoms. The normalized spacial score (nSPS) is 11.2. The average molecular weight is 445 g/mol. The Hall–Kier alpha value is -4.40. The van der Waals surface area contributed by atoms with Gasteiger partial charge in [-0.05, 0) is 37.3 Å². The van der Waals surface area contributed by atoms with Crippen molar-refractivity contribution in [3.8, 4) is 11.4 Å². The molecular formula is C24H17F2N5O2. The third kappa shape index (κ3) is 3.73. The van der Waals surface area contributed by atoms with E-state index in [0.29, 0.717) is 28.4 Å². The molecule has 0 saturated heterocycles. The van der Waals surface area contributed by atoms with Gasteiger partial charge in [-0.1, -0.05) is 35.9 Å². The first kappa shape index (κ1) is 20.5. The summed E-state index contributed by atoms with van der Waals surface area (Å²) in [5, 5.41) is 7.39. The van der Waals surface area contributed by atoms with Crippen molar-refractivity contribution in [2.24, 2.45) is 0 Å². The highest BCUT2D eigenvalue weighted by Gasteiger charge is 2.18. The molecular weight excluding hydrogens is 428 g/mol. The van der Waals surface area contributed by atoms with Gasteiger partial charge in [-0.2, -0.15) is 4.52 Å². The first-order valence-electron chi connectivity index (χ1n) is 10.1. The second-order valence-electron chi connectivity index (χ2n) is 7.60. The lowest BCUT2D eigenvalue weighted by Gasteiger charge is -2.11. The van der Waals surface area contributed by atoms with Gasteiger partial charge in [-0.3, -0.25) is 9.36 Å². The predicted molar refractivity (Wildman–Crippen MR) is 120 cm³/mol. The molecule has 2 aromatic heterocycles. The number of aryl methyl sites for hydroxylation is 1. The van der Waals surface area contributed by atoms with E-state index < -0.39 is 29.8 Å². The van der Waals surface area contributed by atoms with E-state index in [2.05, 4.69) is 15.4 Å². The standard InChI is InChI=1S/C24H17F2N5O2/c1-14-5-4-6-15(11-14)22-28-23-17-7-2-3-8-20(17)30(24(33)31(23)29-22)13-21(32)27-19-10-9-16(25)12-18(19)26/h2-12H,13H2,1H3,(H,27,32). The van der Waals surface area contributed by atoms with Crippen molar-refractivity contribution >= 4 is 28.1 Å². The number of halogens is 2. The van der Waals surface area contributed by atoms with Crippen molar-refractivity contribution < 1.29 is 13.6 Å². The van der Waals surface area contributed by atoms with Crippen LogP contribution >= 0.6 is 0 Å². The van der Waals surface area contributed by atoms with Gasteiger partial charge >= 0.3 is 5.69 Å². The Balaban J connectivity index is 1.60. The predicted octanol–water partition coefficient (Wildman–Crippen LogP) is 3.94. The maximum absolute atomic E-state index is 13.9. The molecule has 0 aliphatic heterocycles. The lowest BCUT2D eigenvalue weighted by atomic mass is 10.1. The summed E-state index contributed by atoms with van der Waals surface area (Å²) >= 11 is 0. The van der Waals surface area contributed by atoms with Gasteiger partial charge in [0.25, 0.3) is 0 Å². The zero-order chi connectivity index (χ0) is 23.1. The fraction of sp³-hybridized carbons (Fsp3) is 0.0833. The van der Waals surface area contributed by atoms with E-state index in [1.807, 2.05) is 31.2 Å². The largest absolute Gasteiger partial charge is 0.351 e. The zero-order valence-corrected chi connectivity index (χ0v) is 17.4. The summed E-state index contributed by atoms with van der Waals surface area (Å²) in [5.41, 5.74) is 1.89. The monoisotopic (exact) mass is 445 g/mol. The minimum Gasteiger partial charge on any atom is -0.322 e. The summed E-state index contributed by atoms with van der Waals surface area (Å²) in [6, 6.07) is 17.5. The number of carbonyl (C=O) groups is 1. The van der Waals surface area contributed by atoms with Crippen molar-refractivity contribution in [1.29, 1.82) is 0 Å². The topological polar surface area (TPSA) is 81.3 Å². The van der Waals surface area contributed by atoms with Crippen LogP contribution in [0.2, 0.25) is 0 Å². The number of benzene rings is 3. The maximum atomic E-state index is 13.9. The van der Waals surface area contributed by atoms with Crippen molar-refractivity contribution in [3.63, 3.8) is 0 Å². The molecule has 164 valence electrons. The lowest BCUT2D eigenvalue weighted by molar-refractivity contribution is -0.116. The Morgan fingerprint density at radius 1 is 1.03 bits per heavy atom. The number of para-hydroxylation sites is 1. The minimum atomic E-state index is -0.907. The Morgan fingerprint density at radius 3 is 2.64 bits per heavy atom. The van der Waals surface area contributed by atoms with Crippen LogP contribution in [0.25, 0.3) is 27.9 Å². The van der Waals surface area contributed by atoms with Crippen LogP contribution in [-0.2, 0) is 11.3 Å². The van der Waals surface area contributed by atoms with E-state index in [0.717, 1.165) is 27.8 Å². The van der Waals surface area contributed by atoms with Gasteiger partial charge in [0.15, 0.2) is 11.5 Å². The van der Waals surface area contributed by atoms with Gasteiger partial charge in [0.05, 0.1) is 11.2 Å². The highest BCUT2D eigenvalue weighted by Crippen LogP contribution is 2.22. The van der Waals surface area contributed by atoms with Crippen molar-refractivity contribution in [3.05, 3.63) is 94.4 Å². The van der Waals surface area contributed by atoms with E-state index >= 15 is 0 Å². The molecule has 33 heavy (non-hydrogen) atoms. The molecule has 1 amide bonds. The molecule has 0 saturated carbocycles. The quantitative estimate of drug-likeness (QED) is 0.455. The summed E-state index contributed by atoms with van der Waals surface area (Å²) < 4.78 is 29.5. The fourth-order valence-corrected chi connectivity index (χ4v) is 3.72. The second kappa shape index (κ2) is 7.94. The number of rotatable bonds is 4. The van der Waals surface area contributed by atoms with Crippen molar-refractivity contribution in [2.45, 2.75) is 13.5 Å². The summed E-state index contributed by atoms with van der Waals surface area (Å²) in [6.07, 6.45) is 0. The van der Waals surface area contributed by atoms with Crippen molar-refractivity contribution in [1.82, 2.24) is 19.2 Å². The highest BCUT2D eigenvalue weighted by atomic mass is 19.1. The Kier molecular flexibility index (Phi) is 4.93. The van der Waals surface area contributed by atoms with Crippen LogP contribution in [0.4, 0.5) is 14.5 Å². The molecule has 3 aromatic carbocycles. The van der Waals surface area contributed by atoms with E-state index in [4.69, 9.17) is 0 Å².